The monoisotopic (exact) mass is 316 g/mol. The molecule has 0 amide bonds. The van der Waals surface area contributed by atoms with Gasteiger partial charge in [-0.05, 0) is 11.6 Å². The van der Waals surface area contributed by atoms with Crippen molar-refractivity contribution in [2.24, 2.45) is 0 Å². The van der Waals surface area contributed by atoms with Crippen molar-refractivity contribution >= 4 is 11.6 Å². The van der Waals surface area contributed by atoms with Gasteiger partial charge in [-0.25, -0.2) is 0 Å². The third-order valence-corrected chi connectivity index (χ3v) is 1.82. The third kappa shape index (κ3) is 2.36. The summed E-state index contributed by atoms with van der Waals surface area (Å²) in [7, 11) is 0. The van der Waals surface area contributed by atoms with Gasteiger partial charge in [0.2, 0.25) is 5.83 Å². The second kappa shape index (κ2) is 4.42. The van der Waals surface area contributed by atoms with Gasteiger partial charge >= 0.3 is 29.2 Å². The van der Waals surface area contributed by atoms with Gasteiger partial charge in [0, 0.05) is 0 Å². The fraction of sp³-hybridized carbons (Fsp3) is 0.667. The van der Waals surface area contributed by atoms with Crippen LogP contribution in [0.15, 0.2) is 11.9 Å². The molecule has 0 aromatic heterocycles. The van der Waals surface area contributed by atoms with E-state index in [0.29, 0.717) is 0 Å². The van der Waals surface area contributed by atoms with Gasteiger partial charge in [0.25, 0.3) is 0 Å². The first-order valence-corrected chi connectivity index (χ1v) is 3.90. The average Bonchev–Trinajstić information content (AvgIpc) is 2.13. The summed E-state index contributed by atoms with van der Waals surface area (Å²) in [6, 6.07) is 0. The molecule has 0 aromatic rings. The normalized spacial score (nSPS) is 14.7. The van der Waals surface area contributed by atoms with E-state index in [2.05, 4.69) is 11.6 Å². The number of hydrogen-bond donors (Lipinski definition) is 0. The van der Waals surface area contributed by atoms with Gasteiger partial charge in [-0.1, -0.05) is 0 Å². The maximum Gasteiger partial charge on any atom is 0.393 e. The predicted molar refractivity (Wildman–Crippen MR) is 36.0 cm³/mol. The van der Waals surface area contributed by atoms with E-state index < -0.39 is 35.1 Å². The largest absolute Gasteiger partial charge is 0.393 e. The Morgan fingerprint density at radius 1 is 0.667 bits per heavy atom. The van der Waals surface area contributed by atoms with Crippen LogP contribution in [-0.4, -0.2) is 23.1 Å². The van der Waals surface area contributed by atoms with E-state index in [-0.39, 0.29) is 0 Å². The molecule has 0 aromatic carbocycles. The molecule has 18 heavy (non-hydrogen) atoms. The Bertz CT molecular complexity index is 347. The summed E-state index contributed by atoms with van der Waals surface area (Å²) in [6.07, 6.45) is -4.06. The van der Waals surface area contributed by atoms with Crippen molar-refractivity contribution in [1.29, 1.82) is 0 Å². The van der Waals surface area contributed by atoms with Crippen LogP contribution in [0.25, 0.3) is 0 Å². The first-order chi connectivity index (χ1) is 7.60. The molecule has 0 radical (unpaired) electrons. The van der Waals surface area contributed by atoms with Crippen LogP contribution in [0.1, 0.15) is 0 Å². The summed E-state index contributed by atoms with van der Waals surface area (Å²) in [6.45, 7) is 0. The lowest BCUT2D eigenvalue weighted by Gasteiger charge is -2.33. The van der Waals surface area contributed by atoms with Gasteiger partial charge in [0.15, 0.2) is 0 Å². The summed E-state index contributed by atoms with van der Waals surface area (Å²) in [5, 5.41) is -6.22. The molecular formula is C6ClF11. The van der Waals surface area contributed by atoms with Gasteiger partial charge in [0.1, 0.15) is 0 Å². The molecule has 0 nitrogen and oxygen atoms in total. The molecule has 0 fully saturated rings. The number of alkyl halides is 9. The predicted octanol–water partition coefficient (Wildman–Crippen LogP) is 4.80. The summed E-state index contributed by atoms with van der Waals surface area (Å²) < 4.78 is 133. The van der Waals surface area contributed by atoms with Crippen LogP contribution >= 0.6 is 11.6 Å². The maximum absolute atomic E-state index is 12.4. The minimum Gasteiger partial charge on any atom is -0.199 e. The molecule has 0 saturated carbocycles. The average molecular weight is 316 g/mol. The fourth-order valence-electron chi connectivity index (χ4n) is 0.632. The fourth-order valence-corrected chi connectivity index (χ4v) is 0.750. The Morgan fingerprint density at radius 3 is 1.22 bits per heavy atom. The van der Waals surface area contributed by atoms with E-state index in [4.69, 9.17) is 0 Å². The van der Waals surface area contributed by atoms with E-state index in [1.807, 2.05) is 0 Å². The Morgan fingerprint density at radius 2 is 1.00 bits per heavy atom. The summed E-state index contributed by atoms with van der Waals surface area (Å²) in [4.78, 5) is 0. The lowest BCUT2D eigenvalue weighted by atomic mass is 10.0. The number of allylic oxidation sites excluding steroid dienone is 1. The van der Waals surface area contributed by atoms with Crippen molar-refractivity contribution in [1.82, 2.24) is 0 Å². The van der Waals surface area contributed by atoms with Gasteiger partial charge in [-0.15, -0.1) is 0 Å². The smallest absolute Gasteiger partial charge is 0.199 e. The van der Waals surface area contributed by atoms with E-state index in [1.54, 1.807) is 0 Å². The minimum atomic E-state index is -7.18. The molecule has 0 heterocycles. The van der Waals surface area contributed by atoms with E-state index in [1.165, 1.54) is 0 Å². The van der Waals surface area contributed by atoms with Crippen molar-refractivity contribution in [3.8, 4) is 0 Å². The van der Waals surface area contributed by atoms with Gasteiger partial charge in [-0.3, -0.25) is 0 Å². The maximum atomic E-state index is 12.4. The SMILES string of the molecule is FC(F)=C(F)C(F)(F)C(F)(F)C(F)(F)C(F)(F)Cl. The molecule has 0 unspecified atom stereocenters. The quantitative estimate of drug-likeness (QED) is 0.516. The summed E-state index contributed by atoms with van der Waals surface area (Å²) in [5.74, 6) is -25.3. The molecule has 0 aliphatic carbocycles. The second-order valence-corrected chi connectivity index (χ2v) is 3.27. The van der Waals surface area contributed by atoms with Crippen molar-refractivity contribution < 1.29 is 48.3 Å². The highest BCUT2D eigenvalue weighted by atomic mass is 35.5. The molecule has 0 spiro atoms. The van der Waals surface area contributed by atoms with Crippen molar-refractivity contribution in [2.75, 3.05) is 0 Å². The van der Waals surface area contributed by atoms with Crippen LogP contribution < -0.4 is 0 Å². The van der Waals surface area contributed by atoms with Crippen molar-refractivity contribution in [2.45, 2.75) is 23.1 Å². The highest BCUT2D eigenvalue weighted by Gasteiger charge is 2.82. The van der Waals surface area contributed by atoms with Crippen LogP contribution in [0.3, 0.4) is 0 Å². The van der Waals surface area contributed by atoms with Crippen molar-refractivity contribution in [3.63, 3.8) is 0 Å². The Hall–Kier alpha value is -0.740. The zero-order valence-electron chi connectivity index (χ0n) is 7.54. The number of halogens is 12. The van der Waals surface area contributed by atoms with E-state index in [0.717, 1.165) is 0 Å². The molecule has 0 aliphatic rings. The number of rotatable bonds is 4. The number of hydrogen-bond acceptors (Lipinski definition) is 0. The van der Waals surface area contributed by atoms with Crippen LogP contribution in [-0.2, 0) is 0 Å². The molecule has 0 N–H and O–H groups in total. The molecule has 0 rings (SSSR count). The Labute approximate surface area is 96.0 Å². The first kappa shape index (κ1) is 17.3. The van der Waals surface area contributed by atoms with Crippen LogP contribution in [0.4, 0.5) is 48.3 Å². The van der Waals surface area contributed by atoms with Crippen LogP contribution in [0.5, 0.6) is 0 Å². The first-order valence-electron chi connectivity index (χ1n) is 3.52. The Balaban J connectivity index is 5.88. The van der Waals surface area contributed by atoms with Gasteiger partial charge in [0.05, 0.1) is 0 Å². The lowest BCUT2D eigenvalue weighted by Crippen LogP contribution is -2.60. The summed E-state index contributed by atoms with van der Waals surface area (Å²) >= 11 is 3.48. The molecule has 0 atom stereocenters. The standard InChI is InChI=1S/C6ClF11/c7-6(17,18)5(15,16)4(13,14)3(11,12)1(8)2(9)10. The zero-order valence-corrected chi connectivity index (χ0v) is 8.29. The van der Waals surface area contributed by atoms with Gasteiger partial charge < -0.3 is 0 Å². The van der Waals surface area contributed by atoms with E-state index in [9.17, 15) is 48.3 Å². The topological polar surface area (TPSA) is 0 Å². The lowest BCUT2D eigenvalue weighted by molar-refractivity contribution is -0.341. The molecular weight excluding hydrogens is 316 g/mol. The van der Waals surface area contributed by atoms with Crippen LogP contribution in [0.2, 0.25) is 0 Å². The molecule has 0 saturated heterocycles. The van der Waals surface area contributed by atoms with E-state index >= 15 is 0 Å². The molecule has 108 valence electrons. The van der Waals surface area contributed by atoms with Crippen LogP contribution in [0, 0.1) is 0 Å². The zero-order chi connectivity index (χ0) is 15.2. The second-order valence-electron chi connectivity index (χ2n) is 2.80. The molecule has 12 heteroatoms. The highest BCUT2D eigenvalue weighted by Crippen LogP contribution is 2.56. The van der Waals surface area contributed by atoms with Crippen molar-refractivity contribution in [3.05, 3.63) is 11.9 Å². The Kier molecular flexibility index (Phi) is 4.24. The van der Waals surface area contributed by atoms with Gasteiger partial charge in [-0.2, -0.15) is 48.3 Å². The molecule has 0 aliphatic heterocycles. The third-order valence-electron chi connectivity index (χ3n) is 1.59. The minimum absolute atomic E-state index is 3.48. The summed E-state index contributed by atoms with van der Waals surface area (Å²) in [5.41, 5.74) is 0. The highest BCUT2D eigenvalue weighted by molar-refractivity contribution is 6.22. The molecule has 0 bridgehead atoms.